The summed E-state index contributed by atoms with van der Waals surface area (Å²) in [5.74, 6) is 0.218. The Morgan fingerprint density at radius 2 is 1.79 bits per heavy atom. The maximum atomic E-state index is 13.4. The number of likely N-dealkylation sites (N-methyl/N-ethyl adjacent to an activating group) is 1. The zero-order valence-electron chi connectivity index (χ0n) is 31.6. The Morgan fingerprint density at radius 3 is 2.42 bits per heavy atom. The first-order valence-electron chi connectivity index (χ1n) is 18.2. The Hall–Kier alpha value is -2.65. The summed E-state index contributed by atoms with van der Waals surface area (Å²) in [5, 5.41) is 0. The predicted octanol–water partition coefficient (Wildman–Crippen LogP) is 7.35. The van der Waals surface area contributed by atoms with E-state index in [0.717, 1.165) is 31.5 Å². The highest BCUT2D eigenvalue weighted by Gasteiger charge is 2.46. The van der Waals surface area contributed by atoms with Gasteiger partial charge in [0.2, 0.25) is 0 Å². The molecule has 9 unspecified atom stereocenters. The number of ether oxygens (including phenoxy) is 4. The first kappa shape index (κ1) is 39.8. The van der Waals surface area contributed by atoms with E-state index in [4.69, 9.17) is 18.9 Å². The Morgan fingerprint density at radius 1 is 1.12 bits per heavy atom. The number of esters is 2. The van der Waals surface area contributed by atoms with Crippen molar-refractivity contribution < 1.29 is 33.3 Å². The van der Waals surface area contributed by atoms with Gasteiger partial charge in [-0.2, -0.15) is 0 Å². The molecule has 9 heteroatoms. The summed E-state index contributed by atoms with van der Waals surface area (Å²) < 4.78 is 24.2. The minimum atomic E-state index is -1.12. The van der Waals surface area contributed by atoms with Gasteiger partial charge in [-0.25, -0.2) is 4.79 Å². The van der Waals surface area contributed by atoms with Crippen LogP contribution in [0.25, 0.3) is 0 Å². The summed E-state index contributed by atoms with van der Waals surface area (Å²) >= 11 is 0. The number of hydrogen-bond donors (Lipinski definition) is 0. The van der Waals surface area contributed by atoms with Crippen molar-refractivity contribution in [3.63, 3.8) is 0 Å². The molecule has 9 nitrogen and oxygen atoms in total. The van der Waals surface area contributed by atoms with Gasteiger partial charge in [0, 0.05) is 45.4 Å². The molecule has 0 N–H and O–H groups in total. The van der Waals surface area contributed by atoms with Crippen LogP contribution in [0.15, 0.2) is 36.0 Å². The molecule has 0 aromatic carbocycles. The standard InChI is InChI=1S/C39H64N2O7/c1-12-27(3)30(6)36-32(46-36)25-38(8,9)18-13-14-28(4)35-29(5)15-16-33(45-31(7)42)39(10,19-17-26(2)24-34(43)47-35)48-37(44)41-22-20-40(11)21-23-41/h13-16,18,26-27,29-30,32-33,35-36H,12,17,19-25H2,1-11H3/b16-15+,18-13+,28-14+. The van der Waals surface area contributed by atoms with Gasteiger partial charge in [0.15, 0.2) is 11.7 Å². The quantitative estimate of drug-likeness (QED) is 0.0781. The van der Waals surface area contributed by atoms with E-state index in [-0.39, 0.29) is 35.7 Å². The molecule has 3 aliphatic rings. The van der Waals surface area contributed by atoms with Gasteiger partial charge in [-0.3, -0.25) is 9.59 Å². The van der Waals surface area contributed by atoms with Gasteiger partial charge < -0.3 is 28.7 Å². The molecule has 272 valence electrons. The van der Waals surface area contributed by atoms with Gasteiger partial charge in [-0.15, -0.1) is 0 Å². The van der Waals surface area contributed by atoms with Crippen LogP contribution in [0.1, 0.15) is 101 Å². The number of piperazine rings is 1. The fourth-order valence-corrected chi connectivity index (χ4v) is 6.77. The van der Waals surface area contributed by atoms with Crippen molar-refractivity contribution >= 4 is 18.0 Å². The van der Waals surface area contributed by atoms with E-state index in [1.807, 2.05) is 46.9 Å². The van der Waals surface area contributed by atoms with Crippen LogP contribution in [-0.4, -0.2) is 91.1 Å². The predicted molar refractivity (Wildman–Crippen MR) is 189 cm³/mol. The Balaban J connectivity index is 1.80. The number of amides is 1. The third-order valence-corrected chi connectivity index (χ3v) is 10.7. The number of rotatable bonds is 10. The molecule has 0 spiro atoms. The van der Waals surface area contributed by atoms with Crippen LogP contribution in [0.3, 0.4) is 0 Å². The first-order chi connectivity index (χ1) is 22.4. The third-order valence-electron chi connectivity index (χ3n) is 10.7. The van der Waals surface area contributed by atoms with Crippen molar-refractivity contribution in [3.05, 3.63) is 36.0 Å². The van der Waals surface area contributed by atoms with E-state index in [9.17, 15) is 14.4 Å². The summed E-state index contributed by atoms with van der Waals surface area (Å²) in [4.78, 5) is 42.8. The van der Waals surface area contributed by atoms with Crippen LogP contribution in [0.5, 0.6) is 0 Å². The SMILES string of the molecule is CCC(C)C(C)C1OC1CC(C)(C)/C=C/C=C(\C)C1OC(=O)CC(C)CCC(C)(OC(=O)N2CCN(C)CC2)C(OC(C)=O)/C=C/C1C. The maximum absolute atomic E-state index is 13.4. The minimum absolute atomic E-state index is 0.0296. The number of hydrogen-bond acceptors (Lipinski definition) is 8. The van der Waals surface area contributed by atoms with Crippen LogP contribution in [0.2, 0.25) is 0 Å². The number of allylic oxidation sites excluding steroid dienone is 3. The van der Waals surface area contributed by atoms with E-state index in [1.54, 1.807) is 11.0 Å². The third kappa shape index (κ3) is 11.7. The topological polar surface area (TPSA) is 97.9 Å². The molecular formula is C39H64N2O7. The van der Waals surface area contributed by atoms with Gasteiger partial charge in [0.1, 0.15) is 6.10 Å². The molecule has 3 rings (SSSR count). The van der Waals surface area contributed by atoms with Crippen LogP contribution in [-0.2, 0) is 28.5 Å². The molecule has 0 radical (unpaired) electrons. The molecule has 3 aliphatic heterocycles. The van der Waals surface area contributed by atoms with E-state index in [2.05, 4.69) is 51.7 Å². The largest absolute Gasteiger partial charge is 0.457 e. The number of epoxide rings is 1. The fourth-order valence-electron chi connectivity index (χ4n) is 6.77. The number of cyclic esters (lactones) is 1. The summed E-state index contributed by atoms with van der Waals surface area (Å²) in [6.07, 6.45) is 12.2. The smallest absolute Gasteiger partial charge is 0.410 e. The summed E-state index contributed by atoms with van der Waals surface area (Å²) in [5.41, 5.74) is -0.263. The van der Waals surface area contributed by atoms with E-state index in [1.165, 1.54) is 6.92 Å². The fraction of sp³-hybridized carbons (Fsp3) is 0.769. The molecule has 9 atom stereocenters. The van der Waals surface area contributed by atoms with Crippen LogP contribution in [0.4, 0.5) is 4.79 Å². The van der Waals surface area contributed by atoms with Gasteiger partial charge in [0.25, 0.3) is 0 Å². The van der Waals surface area contributed by atoms with Gasteiger partial charge in [0.05, 0.1) is 12.2 Å². The molecule has 48 heavy (non-hydrogen) atoms. The van der Waals surface area contributed by atoms with Crippen molar-refractivity contribution in [2.75, 3.05) is 33.2 Å². The van der Waals surface area contributed by atoms with Crippen molar-refractivity contribution in [2.24, 2.45) is 29.1 Å². The first-order valence-corrected chi connectivity index (χ1v) is 18.2. The molecule has 3 heterocycles. The highest BCUT2D eigenvalue weighted by Crippen LogP contribution is 2.41. The molecule has 1 amide bonds. The minimum Gasteiger partial charge on any atom is -0.457 e. The van der Waals surface area contributed by atoms with Gasteiger partial charge in [-0.05, 0) is 75.0 Å². The van der Waals surface area contributed by atoms with Crippen LogP contribution < -0.4 is 0 Å². The summed E-state index contributed by atoms with van der Waals surface area (Å²) in [7, 11) is 2.03. The molecule has 2 saturated heterocycles. The van der Waals surface area contributed by atoms with Crippen molar-refractivity contribution in [2.45, 2.75) is 131 Å². The zero-order valence-corrected chi connectivity index (χ0v) is 31.6. The maximum Gasteiger partial charge on any atom is 0.410 e. The summed E-state index contributed by atoms with van der Waals surface area (Å²) in [6, 6.07) is 0. The monoisotopic (exact) mass is 672 g/mol. The molecule has 2 fully saturated rings. The molecule has 0 aromatic rings. The lowest BCUT2D eigenvalue weighted by Crippen LogP contribution is -2.52. The second kappa shape index (κ2) is 17.3. The van der Waals surface area contributed by atoms with Crippen LogP contribution >= 0.6 is 0 Å². The lowest BCUT2D eigenvalue weighted by molar-refractivity contribution is -0.158. The van der Waals surface area contributed by atoms with Crippen molar-refractivity contribution in [3.8, 4) is 0 Å². The number of nitrogens with zero attached hydrogens (tertiary/aromatic N) is 2. The Kier molecular flexibility index (Phi) is 14.4. The van der Waals surface area contributed by atoms with E-state index >= 15 is 0 Å². The molecule has 0 aromatic heterocycles. The van der Waals surface area contributed by atoms with E-state index in [0.29, 0.717) is 43.9 Å². The highest BCUT2D eigenvalue weighted by atomic mass is 16.6. The van der Waals surface area contributed by atoms with Crippen LogP contribution in [0, 0.1) is 29.1 Å². The molecule has 0 aliphatic carbocycles. The average Bonchev–Trinajstić information content (AvgIpc) is 3.77. The number of carbonyl (C=O) groups excluding carboxylic acids is 3. The van der Waals surface area contributed by atoms with Gasteiger partial charge >= 0.3 is 18.0 Å². The average molecular weight is 673 g/mol. The summed E-state index contributed by atoms with van der Waals surface area (Å²) in [6.45, 7) is 23.1. The zero-order chi connectivity index (χ0) is 35.8. The van der Waals surface area contributed by atoms with Crippen molar-refractivity contribution in [1.82, 2.24) is 9.80 Å². The molecule has 0 saturated carbocycles. The van der Waals surface area contributed by atoms with Gasteiger partial charge in [-0.1, -0.05) is 79.2 Å². The lowest BCUT2D eigenvalue weighted by Gasteiger charge is -2.39. The molecule has 0 bridgehead atoms. The second-order valence-electron chi connectivity index (χ2n) is 15.8. The molecular weight excluding hydrogens is 608 g/mol. The van der Waals surface area contributed by atoms with E-state index < -0.39 is 29.9 Å². The Bertz CT molecular complexity index is 1190. The Labute approximate surface area is 290 Å². The second-order valence-corrected chi connectivity index (χ2v) is 15.8. The highest BCUT2D eigenvalue weighted by molar-refractivity contribution is 5.70. The normalized spacial score (nSPS) is 33.2. The number of carbonyl (C=O) groups is 3. The van der Waals surface area contributed by atoms with Crippen molar-refractivity contribution in [1.29, 1.82) is 0 Å². The lowest BCUT2D eigenvalue weighted by atomic mass is 9.83.